The lowest BCUT2D eigenvalue weighted by molar-refractivity contribution is 1.46. The quantitative estimate of drug-likeness (QED) is 0.739. The van der Waals surface area contributed by atoms with Gasteiger partial charge in [0, 0.05) is 0 Å². The van der Waals surface area contributed by atoms with Crippen molar-refractivity contribution in [1.29, 1.82) is 0 Å². The van der Waals surface area contributed by atoms with E-state index in [0.29, 0.717) is 0 Å². The van der Waals surface area contributed by atoms with E-state index in [2.05, 4.69) is 93.6 Å². The average molecular weight is 300 g/mol. The second-order valence-electron chi connectivity index (χ2n) is 6.67. The Morgan fingerprint density at radius 2 is 0.696 bits per heavy atom. The van der Waals surface area contributed by atoms with E-state index in [1.807, 2.05) is 0 Å². The van der Waals surface area contributed by atoms with E-state index in [0.717, 1.165) is 0 Å². The molecule has 23 heavy (non-hydrogen) atoms. The van der Waals surface area contributed by atoms with Crippen LogP contribution in [-0.2, 0) is 0 Å². The van der Waals surface area contributed by atoms with Gasteiger partial charge in [-0.05, 0) is 20.8 Å². The molecule has 0 amide bonds. The zero-order chi connectivity index (χ0) is 16.4. The lowest BCUT2D eigenvalue weighted by Gasteiger charge is -2.39. The molecule has 116 valence electrons. The molecule has 0 aliphatic heterocycles. The van der Waals surface area contributed by atoms with Crippen molar-refractivity contribution >= 4 is 22.7 Å². The molecule has 0 spiro atoms. The third-order valence-electron chi connectivity index (χ3n) is 4.81. The summed E-state index contributed by atoms with van der Waals surface area (Å²) in [5, 5.41) is 0. The van der Waals surface area contributed by atoms with Crippen molar-refractivity contribution < 1.29 is 0 Å². The van der Waals surface area contributed by atoms with Gasteiger partial charge in [0.2, 0.25) is 0 Å². The van der Waals surface area contributed by atoms with Gasteiger partial charge in [0.25, 0.3) is 0 Å². The van der Waals surface area contributed by atoms with Gasteiger partial charge >= 0.3 is 0 Å². The predicted molar refractivity (Wildman–Crippen MR) is 102 cm³/mol. The van der Waals surface area contributed by atoms with Gasteiger partial charge in [0.05, 0.1) is 0 Å². The average Bonchev–Trinajstić information content (AvgIpc) is 2.56. The topological polar surface area (TPSA) is 26.0 Å². The highest BCUT2D eigenvalue weighted by molar-refractivity contribution is 7.09. The van der Waals surface area contributed by atoms with Gasteiger partial charge in [-0.25, -0.2) is 0 Å². The van der Waals surface area contributed by atoms with E-state index in [1.165, 1.54) is 33.1 Å². The maximum atomic E-state index is 7.07. The highest BCUT2D eigenvalue weighted by Crippen LogP contribution is 2.06. The maximum absolute atomic E-state index is 7.07. The largest absolute Gasteiger partial charge is 0.491 e. The predicted octanol–water partition coefficient (Wildman–Crippen LogP) is 2.54. The van der Waals surface area contributed by atoms with E-state index in [1.54, 1.807) is 0 Å². The molecular weight excluding hydrogens is 277 g/mol. The lowest BCUT2D eigenvalue weighted by atomic mass is 9.25. The first-order chi connectivity index (χ1) is 11.0. The minimum absolute atomic E-state index is 1.17. The molecule has 0 atom stereocenters. The summed E-state index contributed by atoms with van der Waals surface area (Å²) < 4.78 is 0. The van der Waals surface area contributed by atoms with Crippen molar-refractivity contribution in [2.45, 2.75) is 20.8 Å². The zero-order valence-electron chi connectivity index (χ0n) is 14.1. The Balaban J connectivity index is 2.21. The summed E-state index contributed by atoms with van der Waals surface area (Å²) in [6.45, 7) is 6.31. The van der Waals surface area contributed by atoms with Crippen LogP contribution in [0, 0.1) is 20.8 Å². The molecule has 3 aromatic rings. The Morgan fingerprint density at radius 1 is 0.478 bits per heavy atom. The zero-order valence-corrected chi connectivity index (χ0v) is 14.1. The first-order valence-corrected chi connectivity index (χ1v) is 8.16. The highest BCUT2D eigenvalue weighted by atomic mass is 14.5. The molecule has 2 heteroatoms. The Kier molecular flexibility index (Phi) is 4.10. The minimum Gasteiger partial charge on any atom is -0.491 e. The Bertz CT molecular complexity index is 676. The van der Waals surface area contributed by atoms with Crippen molar-refractivity contribution in [3.8, 4) is 0 Å². The summed E-state index contributed by atoms with van der Waals surface area (Å²) in [5.74, 6) is 0. The molecule has 3 aromatic carbocycles. The molecule has 0 saturated heterocycles. The fraction of sp³-hybridized carbons (Fsp3) is 0.143. The lowest BCUT2D eigenvalue weighted by Crippen LogP contribution is -2.74. The molecule has 0 bridgehead atoms. The number of benzene rings is 3. The van der Waals surface area contributed by atoms with E-state index < -0.39 is 6.28 Å². The van der Waals surface area contributed by atoms with Crippen molar-refractivity contribution in [2.75, 3.05) is 0 Å². The van der Waals surface area contributed by atoms with Crippen LogP contribution in [0.15, 0.2) is 72.8 Å². The monoisotopic (exact) mass is 300 g/mol. The van der Waals surface area contributed by atoms with Gasteiger partial charge in [0.15, 0.2) is 0 Å². The molecule has 3 rings (SSSR count). The van der Waals surface area contributed by atoms with E-state index in [4.69, 9.17) is 5.64 Å². The van der Waals surface area contributed by atoms with Crippen LogP contribution in [0.4, 0.5) is 0 Å². The fourth-order valence-corrected chi connectivity index (χ4v) is 3.19. The summed E-state index contributed by atoms with van der Waals surface area (Å²) in [4.78, 5) is 0. The maximum Gasteiger partial charge on any atom is 0.139 e. The molecular formula is C21H23BN-. The second-order valence-corrected chi connectivity index (χ2v) is 6.67. The molecule has 0 aromatic heterocycles. The number of aryl methyl sites for hydroxylation is 3. The Hall–Kier alpha value is -2.32. The van der Waals surface area contributed by atoms with Crippen LogP contribution in [0.5, 0.6) is 0 Å². The van der Waals surface area contributed by atoms with Crippen molar-refractivity contribution in [2.24, 2.45) is 5.64 Å². The molecule has 0 fully saturated rings. The SMILES string of the molecule is Cc1ccc([B-](N)(c2ccc(C)cc2)c2ccc(C)cc2)cc1. The third kappa shape index (κ3) is 2.95. The van der Waals surface area contributed by atoms with Crippen LogP contribution in [0.25, 0.3) is 0 Å². The van der Waals surface area contributed by atoms with E-state index in [-0.39, 0.29) is 0 Å². The van der Waals surface area contributed by atoms with Gasteiger partial charge in [-0.3, -0.25) is 0 Å². The number of nitrogens with two attached hydrogens (primary N) is 1. The summed E-state index contributed by atoms with van der Waals surface area (Å²) in [6.07, 6.45) is -1.46. The molecule has 0 radical (unpaired) electrons. The van der Waals surface area contributed by atoms with E-state index >= 15 is 0 Å². The van der Waals surface area contributed by atoms with Gasteiger partial charge < -0.3 is 5.64 Å². The molecule has 0 aliphatic rings. The van der Waals surface area contributed by atoms with Crippen LogP contribution in [0.2, 0.25) is 0 Å². The second kappa shape index (κ2) is 6.06. The summed E-state index contributed by atoms with van der Waals surface area (Å²) >= 11 is 0. The summed E-state index contributed by atoms with van der Waals surface area (Å²) in [7, 11) is 0. The molecule has 0 unspecified atom stereocenters. The minimum atomic E-state index is -1.46. The van der Waals surface area contributed by atoms with Crippen molar-refractivity contribution in [3.63, 3.8) is 0 Å². The summed E-state index contributed by atoms with van der Waals surface area (Å²) in [6, 6.07) is 25.8. The van der Waals surface area contributed by atoms with Gasteiger partial charge in [0.1, 0.15) is 6.28 Å². The number of hydrogen-bond acceptors (Lipinski definition) is 1. The normalized spacial score (nSPS) is 11.5. The van der Waals surface area contributed by atoms with Crippen molar-refractivity contribution in [1.82, 2.24) is 0 Å². The van der Waals surface area contributed by atoms with Crippen LogP contribution in [0.1, 0.15) is 16.7 Å². The van der Waals surface area contributed by atoms with Gasteiger partial charge in [-0.2, -0.15) is 16.4 Å². The number of rotatable bonds is 3. The third-order valence-corrected chi connectivity index (χ3v) is 4.81. The summed E-state index contributed by atoms with van der Waals surface area (Å²) in [5.41, 5.74) is 14.3. The van der Waals surface area contributed by atoms with Crippen LogP contribution >= 0.6 is 0 Å². The van der Waals surface area contributed by atoms with E-state index in [9.17, 15) is 0 Å². The number of hydrogen-bond donors (Lipinski definition) is 1. The standard InChI is InChI=1S/C21H23BN/c1-16-4-10-19(11-5-16)22(23,20-12-6-17(2)7-13-20)21-14-8-18(3)9-15-21/h4-15H,23H2,1-3H3/q-1. The first kappa shape index (κ1) is 15.6. The van der Waals surface area contributed by atoms with Crippen LogP contribution < -0.4 is 22.0 Å². The Labute approximate surface area is 139 Å². The molecule has 0 saturated carbocycles. The smallest absolute Gasteiger partial charge is 0.139 e. The first-order valence-electron chi connectivity index (χ1n) is 8.16. The highest BCUT2D eigenvalue weighted by Gasteiger charge is 2.25. The Morgan fingerprint density at radius 3 is 0.913 bits per heavy atom. The fourth-order valence-electron chi connectivity index (χ4n) is 3.19. The molecule has 0 aliphatic carbocycles. The molecule has 1 nitrogen and oxygen atoms in total. The van der Waals surface area contributed by atoms with Gasteiger partial charge in [-0.15, -0.1) is 0 Å². The van der Waals surface area contributed by atoms with Crippen LogP contribution in [-0.4, -0.2) is 6.28 Å². The van der Waals surface area contributed by atoms with Crippen molar-refractivity contribution in [3.05, 3.63) is 89.5 Å². The van der Waals surface area contributed by atoms with Crippen LogP contribution in [0.3, 0.4) is 0 Å². The molecule has 2 N–H and O–H groups in total. The molecule has 0 heterocycles. The van der Waals surface area contributed by atoms with Gasteiger partial charge in [-0.1, -0.05) is 89.5 Å².